The highest BCUT2D eigenvalue weighted by atomic mass is 14.2. The Hall–Kier alpha value is -4.94. The molecule has 8 aromatic carbocycles. The molecular formula is C40H28. The van der Waals surface area contributed by atoms with Crippen LogP contribution in [0.5, 0.6) is 0 Å². The average Bonchev–Trinajstić information content (AvgIpc) is 3.02. The Kier molecular flexibility index (Phi) is 5.06. The summed E-state index contributed by atoms with van der Waals surface area (Å²) in [6, 6.07) is 49.2. The zero-order chi connectivity index (χ0) is 26.8. The Morgan fingerprint density at radius 2 is 0.475 bits per heavy atom. The van der Waals surface area contributed by atoms with Gasteiger partial charge in [0.15, 0.2) is 0 Å². The van der Waals surface area contributed by atoms with E-state index in [0.717, 1.165) is 0 Å². The molecular weight excluding hydrogens is 480 g/mol. The van der Waals surface area contributed by atoms with Gasteiger partial charge in [0.2, 0.25) is 0 Å². The van der Waals surface area contributed by atoms with E-state index in [9.17, 15) is 0 Å². The third kappa shape index (κ3) is 3.20. The molecule has 0 aliphatic heterocycles. The van der Waals surface area contributed by atoms with Crippen LogP contribution < -0.4 is 0 Å². The standard InChI is InChI=1S/C40H28/c1-25-27-13-3-9-19-33(27)39(34-20-10-4-14-28(25)34)37-23-24-38(32-18-8-7-17-31(32)37)40-35-21-11-5-15-29(35)26(2)30-16-6-12-22-36(30)40/h3-24H,1-2H3. The molecule has 40 heavy (non-hydrogen) atoms. The lowest BCUT2D eigenvalue weighted by molar-refractivity contribution is 1.57. The molecule has 0 radical (unpaired) electrons. The molecule has 8 aromatic rings. The first-order valence-corrected chi connectivity index (χ1v) is 14.0. The van der Waals surface area contributed by atoms with Gasteiger partial charge >= 0.3 is 0 Å². The molecule has 8 rings (SSSR count). The molecule has 0 saturated carbocycles. The summed E-state index contributed by atoms with van der Waals surface area (Å²) >= 11 is 0. The van der Waals surface area contributed by atoms with Crippen LogP contribution in [0.3, 0.4) is 0 Å². The van der Waals surface area contributed by atoms with Crippen LogP contribution in [0.25, 0.3) is 76.1 Å². The molecule has 0 bridgehead atoms. The number of hydrogen-bond acceptors (Lipinski definition) is 0. The summed E-state index contributed by atoms with van der Waals surface area (Å²) in [4.78, 5) is 0. The minimum Gasteiger partial charge on any atom is -0.0616 e. The number of rotatable bonds is 2. The lowest BCUT2D eigenvalue weighted by Crippen LogP contribution is -1.93. The molecule has 0 nitrogen and oxygen atoms in total. The summed E-state index contributed by atoms with van der Waals surface area (Å²) in [7, 11) is 0. The van der Waals surface area contributed by atoms with E-state index in [1.165, 1.54) is 87.2 Å². The first-order valence-electron chi connectivity index (χ1n) is 14.0. The van der Waals surface area contributed by atoms with Crippen molar-refractivity contribution >= 4 is 53.9 Å². The molecule has 188 valence electrons. The Bertz CT molecular complexity index is 2010. The summed E-state index contributed by atoms with van der Waals surface area (Å²) in [6.07, 6.45) is 0. The quantitative estimate of drug-likeness (QED) is 0.204. The zero-order valence-electron chi connectivity index (χ0n) is 22.7. The SMILES string of the molecule is Cc1c2ccccc2c(-c2ccc(-c3c4ccccc4c(C)c4ccccc34)c3ccccc23)c2ccccc12. The highest BCUT2D eigenvalue weighted by Crippen LogP contribution is 2.46. The molecule has 0 saturated heterocycles. The van der Waals surface area contributed by atoms with Crippen LogP contribution in [0, 0.1) is 13.8 Å². The minimum atomic E-state index is 1.28. The molecule has 0 atom stereocenters. The Balaban J connectivity index is 1.53. The van der Waals surface area contributed by atoms with Gasteiger partial charge in [-0.15, -0.1) is 0 Å². The third-order valence-electron chi connectivity index (χ3n) is 8.86. The van der Waals surface area contributed by atoms with Crippen molar-refractivity contribution in [1.82, 2.24) is 0 Å². The highest BCUT2D eigenvalue weighted by Gasteiger charge is 2.19. The fourth-order valence-corrected chi connectivity index (χ4v) is 7.01. The van der Waals surface area contributed by atoms with Crippen molar-refractivity contribution in [3.05, 3.63) is 145 Å². The number of hydrogen-bond donors (Lipinski definition) is 0. The van der Waals surface area contributed by atoms with E-state index in [1.54, 1.807) is 0 Å². The fraction of sp³-hybridized carbons (Fsp3) is 0.0500. The summed E-state index contributed by atoms with van der Waals surface area (Å²) in [5.74, 6) is 0. The van der Waals surface area contributed by atoms with Gasteiger partial charge in [0.05, 0.1) is 0 Å². The van der Waals surface area contributed by atoms with E-state index in [4.69, 9.17) is 0 Å². The largest absolute Gasteiger partial charge is 0.0616 e. The molecule has 0 aromatic heterocycles. The first-order chi connectivity index (χ1) is 19.7. The van der Waals surface area contributed by atoms with Crippen molar-refractivity contribution in [3.63, 3.8) is 0 Å². The van der Waals surface area contributed by atoms with Crippen LogP contribution in [-0.4, -0.2) is 0 Å². The van der Waals surface area contributed by atoms with Crippen LogP contribution in [0.2, 0.25) is 0 Å². The maximum Gasteiger partial charge on any atom is -0.00204 e. The summed E-state index contributed by atoms with van der Waals surface area (Å²) < 4.78 is 0. The number of aryl methyl sites for hydroxylation is 2. The van der Waals surface area contributed by atoms with Crippen molar-refractivity contribution in [2.24, 2.45) is 0 Å². The van der Waals surface area contributed by atoms with Gasteiger partial charge in [0.1, 0.15) is 0 Å². The number of benzene rings is 8. The smallest absolute Gasteiger partial charge is 0.00204 e. The molecule has 0 aliphatic carbocycles. The lowest BCUT2D eigenvalue weighted by Gasteiger charge is -2.20. The topological polar surface area (TPSA) is 0 Å². The van der Waals surface area contributed by atoms with Crippen LogP contribution >= 0.6 is 0 Å². The summed E-state index contributed by atoms with van der Waals surface area (Å²) in [5, 5.41) is 13.1. The van der Waals surface area contributed by atoms with Crippen LogP contribution in [0.4, 0.5) is 0 Å². The monoisotopic (exact) mass is 508 g/mol. The highest BCUT2D eigenvalue weighted by molar-refractivity contribution is 6.22. The molecule has 0 aliphatic rings. The van der Waals surface area contributed by atoms with Gasteiger partial charge < -0.3 is 0 Å². The second-order valence-corrected chi connectivity index (χ2v) is 10.9. The molecule has 0 heterocycles. The predicted molar refractivity (Wildman–Crippen MR) is 174 cm³/mol. The third-order valence-corrected chi connectivity index (χ3v) is 8.86. The zero-order valence-corrected chi connectivity index (χ0v) is 22.7. The number of fused-ring (bicyclic) bond motifs is 5. The predicted octanol–water partition coefficient (Wildman–Crippen LogP) is 11.4. The van der Waals surface area contributed by atoms with Gasteiger partial charge in [-0.3, -0.25) is 0 Å². The molecule has 0 amide bonds. The van der Waals surface area contributed by atoms with Gasteiger partial charge in [-0.1, -0.05) is 133 Å². The Labute approximate surface area is 234 Å². The van der Waals surface area contributed by atoms with Gasteiger partial charge in [-0.05, 0) is 101 Å². The molecule has 0 unspecified atom stereocenters. The van der Waals surface area contributed by atoms with E-state index in [-0.39, 0.29) is 0 Å². The molecule has 0 fully saturated rings. The first kappa shape index (κ1) is 23.0. The van der Waals surface area contributed by atoms with Crippen molar-refractivity contribution < 1.29 is 0 Å². The lowest BCUT2D eigenvalue weighted by atomic mass is 9.83. The molecule has 0 spiro atoms. The average molecular weight is 509 g/mol. The minimum absolute atomic E-state index is 1.28. The van der Waals surface area contributed by atoms with Crippen molar-refractivity contribution in [3.8, 4) is 22.3 Å². The normalized spacial score (nSPS) is 11.8. The Morgan fingerprint density at radius 1 is 0.250 bits per heavy atom. The van der Waals surface area contributed by atoms with Gasteiger partial charge in [-0.25, -0.2) is 0 Å². The van der Waals surface area contributed by atoms with E-state index in [2.05, 4.69) is 147 Å². The Morgan fingerprint density at radius 3 is 0.750 bits per heavy atom. The van der Waals surface area contributed by atoms with Gasteiger partial charge in [0, 0.05) is 0 Å². The molecule has 0 N–H and O–H groups in total. The van der Waals surface area contributed by atoms with Gasteiger partial charge in [-0.2, -0.15) is 0 Å². The van der Waals surface area contributed by atoms with Crippen LogP contribution in [0.1, 0.15) is 11.1 Å². The summed E-state index contributed by atoms with van der Waals surface area (Å²) in [5.41, 5.74) is 7.89. The van der Waals surface area contributed by atoms with Crippen molar-refractivity contribution in [2.45, 2.75) is 13.8 Å². The van der Waals surface area contributed by atoms with Crippen LogP contribution in [-0.2, 0) is 0 Å². The maximum absolute atomic E-state index is 2.37. The second-order valence-electron chi connectivity index (χ2n) is 10.9. The van der Waals surface area contributed by atoms with Crippen LogP contribution in [0.15, 0.2) is 133 Å². The molecule has 0 heteroatoms. The van der Waals surface area contributed by atoms with E-state index < -0.39 is 0 Å². The van der Waals surface area contributed by atoms with E-state index in [0.29, 0.717) is 0 Å². The maximum atomic E-state index is 2.37. The van der Waals surface area contributed by atoms with E-state index in [1.807, 2.05) is 0 Å². The van der Waals surface area contributed by atoms with Gasteiger partial charge in [0.25, 0.3) is 0 Å². The van der Waals surface area contributed by atoms with E-state index >= 15 is 0 Å². The van der Waals surface area contributed by atoms with Crippen molar-refractivity contribution in [1.29, 1.82) is 0 Å². The van der Waals surface area contributed by atoms with Crippen molar-refractivity contribution in [2.75, 3.05) is 0 Å². The fourth-order valence-electron chi connectivity index (χ4n) is 7.01. The second kappa shape index (κ2) is 8.79. The summed E-state index contributed by atoms with van der Waals surface area (Å²) in [6.45, 7) is 4.51.